The zero-order valence-corrected chi connectivity index (χ0v) is 12.3. The molecular weight excluding hydrogens is 323 g/mol. The summed E-state index contributed by atoms with van der Waals surface area (Å²) in [5, 5.41) is 0. The van der Waals surface area contributed by atoms with Gasteiger partial charge in [0.1, 0.15) is 6.54 Å². The molecule has 2 nitrogen and oxygen atoms in total. The number of aryl methyl sites for hydroxylation is 1. The molecule has 0 saturated heterocycles. The van der Waals surface area contributed by atoms with Gasteiger partial charge in [-0.3, -0.25) is 4.79 Å². The number of amides is 1. The molecule has 0 unspecified atom stereocenters. The van der Waals surface area contributed by atoms with Gasteiger partial charge in [-0.2, -0.15) is 13.2 Å². The molecule has 0 aromatic heterocycles. The minimum Gasteiger partial charge on any atom is -0.330 e. The summed E-state index contributed by atoms with van der Waals surface area (Å²) in [6, 6.07) is 4.80. The van der Waals surface area contributed by atoms with E-state index in [4.69, 9.17) is 0 Å². The van der Waals surface area contributed by atoms with Crippen molar-refractivity contribution >= 4 is 21.8 Å². The van der Waals surface area contributed by atoms with E-state index in [0.29, 0.717) is 10.9 Å². The van der Waals surface area contributed by atoms with Crippen molar-refractivity contribution in [2.45, 2.75) is 26.4 Å². The van der Waals surface area contributed by atoms with Crippen LogP contribution >= 0.6 is 15.9 Å². The van der Waals surface area contributed by atoms with Gasteiger partial charge in [-0.15, -0.1) is 0 Å². The van der Waals surface area contributed by atoms with Crippen molar-refractivity contribution < 1.29 is 18.0 Å². The number of nitrogens with zero attached hydrogens (tertiary/aromatic N) is 1. The third-order valence-corrected chi connectivity index (χ3v) is 3.42. The molecule has 1 rings (SSSR count). The molecule has 19 heavy (non-hydrogen) atoms. The van der Waals surface area contributed by atoms with Crippen molar-refractivity contribution in [2.75, 3.05) is 13.1 Å². The molecule has 0 aliphatic heterocycles. The van der Waals surface area contributed by atoms with Crippen molar-refractivity contribution in [3.63, 3.8) is 0 Å². The van der Waals surface area contributed by atoms with Gasteiger partial charge in [-0.25, -0.2) is 0 Å². The van der Waals surface area contributed by atoms with Gasteiger partial charge in [0.05, 0.1) is 0 Å². The smallest absolute Gasteiger partial charge is 0.330 e. The summed E-state index contributed by atoms with van der Waals surface area (Å²) in [6.07, 6.45) is -3.90. The molecule has 1 amide bonds. The Morgan fingerprint density at radius 3 is 2.47 bits per heavy atom. The van der Waals surface area contributed by atoms with E-state index in [9.17, 15) is 18.0 Å². The summed E-state index contributed by atoms with van der Waals surface area (Å²) in [5.74, 6) is -0.597. The molecule has 0 aliphatic carbocycles. The lowest BCUT2D eigenvalue weighted by Crippen LogP contribution is -2.39. The highest BCUT2D eigenvalue weighted by molar-refractivity contribution is 9.10. The molecule has 1 aromatic rings. The average molecular weight is 338 g/mol. The van der Waals surface area contributed by atoms with Gasteiger partial charge < -0.3 is 4.90 Å². The Kier molecular flexibility index (Phi) is 5.40. The second kappa shape index (κ2) is 6.41. The van der Waals surface area contributed by atoms with E-state index in [1.54, 1.807) is 25.1 Å². The van der Waals surface area contributed by atoms with Crippen LogP contribution in [0.4, 0.5) is 13.2 Å². The molecule has 0 bridgehead atoms. The maximum atomic E-state index is 12.4. The van der Waals surface area contributed by atoms with E-state index >= 15 is 0 Å². The molecule has 0 aliphatic rings. The van der Waals surface area contributed by atoms with E-state index in [0.717, 1.165) is 10.5 Å². The normalized spacial score (nSPS) is 11.5. The molecule has 0 atom stereocenters. The first kappa shape index (κ1) is 16.0. The average Bonchev–Trinajstić information content (AvgIpc) is 2.29. The lowest BCUT2D eigenvalue weighted by molar-refractivity contribution is -0.140. The largest absolute Gasteiger partial charge is 0.406 e. The molecule has 0 N–H and O–H groups in total. The number of hydrogen-bond acceptors (Lipinski definition) is 1. The summed E-state index contributed by atoms with van der Waals surface area (Å²) in [6.45, 7) is 2.45. The summed E-state index contributed by atoms with van der Waals surface area (Å²) in [4.78, 5) is 12.9. The minimum atomic E-state index is -4.38. The summed E-state index contributed by atoms with van der Waals surface area (Å²) in [7, 11) is 0. The summed E-state index contributed by atoms with van der Waals surface area (Å²) < 4.78 is 38.0. The fraction of sp³-hybridized carbons (Fsp3) is 0.462. The molecular formula is C13H15BrF3NO. The molecule has 0 spiro atoms. The summed E-state index contributed by atoms with van der Waals surface area (Å²) in [5.41, 5.74) is 1.18. The zero-order valence-electron chi connectivity index (χ0n) is 10.7. The van der Waals surface area contributed by atoms with Crippen LogP contribution in [0.15, 0.2) is 22.7 Å². The van der Waals surface area contributed by atoms with Gasteiger partial charge in [0.2, 0.25) is 0 Å². The Morgan fingerprint density at radius 1 is 1.37 bits per heavy atom. The first-order valence-corrected chi connectivity index (χ1v) is 6.66. The molecule has 6 heteroatoms. The molecule has 106 valence electrons. The Labute approximate surface area is 118 Å². The SMILES string of the molecule is CCCN(CC(F)(F)F)C(=O)c1ccc(C)c(Br)c1. The van der Waals surface area contributed by atoms with E-state index in [2.05, 4.69) is 15.9 Å². The van der Waals surface area contributed by atoms with Crippen molar-refractivity contribution in [1.29, 1.82) is 0 Å². The first-order chi connectivity index (χ1) is 8.74. The van der Waals surface area contributed by atoms with Gasteiger partial charge in [-0.1, -0.05) is 28.9 Å². The van der Waals surface area contributed by atoms with Crippen molar-refractivity contribution in [2.24, 2.45) is 0 Å². The van der Waals surface area contributed by atoms with Crippen LogP contribution in [-0.2, 0) is 0 Å². The Hall–Kier alpha value is -1.04. The van der Waals surface area contributed by atoms with Gasteiger partial charge in [-0.05, 0) is 31.0 Å². The monoisotopic (exact) mass is 337 g/mol. The quantitative estimate of drug-likeness (QED) is 0.807. The Bertz CT molecular complexity index is 460. The highest BCUT2D eigenvalue weighted by Crippen LogP contribution is 2.21. The highest BCUT2D eigenvalue weighted by atomic mass is 79.9. The van der Waals surface area contributed by atoms with Gasteiger partial charge in [0.15, 0.2) is 0 Å². The second-order valence-corrected chi connectivity index (χ2v) is 5.16. The summed E-state index contributed by atoms with van der Waals surface area (Å²) >= 11 is 3.27. The number of carbonyl (C=O) groups is 1. The minimum absolute atomic E-state index is 0.0871. The van der Waals surface area contributed by atoms with Crippen LogP contribution in [-0.4, -0.2) is 30.1 Å². The predicted octanol–water partition coefficient (Wildman–Crippen LogP) is 4.17. The fourth-order valence-electron chi connectivity index (χ4n) is 1.65. The fourth-order valence-corrected chi connectivity index (χ4v) is 2.03. The number of alkyl halides is 3. The van der Waals surface area contributed by atoms with Gasteiger partial charge in [0, 0.05) is 16.6 Å². The van der Waals surface area contributed by atoms with Crippen molar-refractivity contribution in [3.8, 4) is 0 Å². The maximum Gasteiger partial charge on any atom is 0.406 e. The van der Waals surface area contributed by atoms with Crippen LogP contribution in [0.5, 0.6) is 0 Å². The maximum absolute atomic E-state index is 12.4. The lowest BCUT2D eigenvalue weighted by Gasteiger charge is -2.23. The molecule has 0 saturated carbocycles. The van der Waals surface area contributed by atoms with Crippen LogP contribution in [0.2, 0.25) is 0 Å². The highest BCUT2D eigenvalue weighted by Gasteiger charge is 2.33. The van der Waals surface area contributed by atoms with E-state index in [-0.39, 0.29) is 12.1 Å². The molecule has 0 radical (unpaired) electrons. The standard InChI is InChI=1S/C13H15BrF3NO/c1-3-6-18(8-13(15,16)17)12(19)10-5-4-9(2)11(14)7-10/h4-5,7H,3,6,8H2,1-2H3. The second-order valence-electron chi connectivity index (χ2n) is 4.31. The number of rotatable bonds is 4. The van der Waals surface area contributed by atoms with Gasteiger partial charge >= 0.3 is 6.18 Å². The number of benzene rings is 1. The topological polar surface area (TPSA) is 20.3 Å². The van der Waals surface area contributed by atoms with Crippen molar-refractivity contribution in [1.82, 2.24) is 4.90 Å². The van der Waals surface area contributed by atoms with Crippen LogP contribution < -0.4 is 0 Å². The number of hydrogen-bond donors (Lipinski definition) is 0. The van der Waals surface area contributed by atoms with E-state index in [1.807, 2.05) is 6.92 Å². The molecule has 0 fully saturated rings. The molecule has 1 aromatic carbocycles. The molecule has 0 heterocycles. The van der Waals surface area contributed by atoms with Crippen LogP contribution in [0, 0.1) is 6.92 Å². The zero-order chi connectivity index (χ0) is 14.6. The Morgan fingerprint density at radius 2 is 2.00 bits per heavy atom. The first-order valence-electron chi connectivity index (χ1n) is 5.86. The Balaban J connectivity index is 2.95. The van der Waals surface area contributed by atoms with Crippen LogP contribution in [0.1, 0.15) is 29.3 Å². The third kappa shape index (κ3) is 4.86. The van der Waals surface area contributed by atoms with Gasteiger partial charge in [0.25, 0.3) is 5.91 Å². The van der Waals surface area contributed by atoms with Crippen molar-refractivity contribution in [3.05, 3.63) is 33.8 Å². The lowest BCUT2D eigenvalue weighted by atomic mass is 10.1. The number of carbonyl (C=O) groups excluding carboxylic acids is 1. The third-order valence-electron chi connectivity index (χ3n) is 2.57. The van der Waals surface area contributed by atoms with Crippen LogP contribution in [0.3, 0.4) is 0 Å². The van der Waals surface area contributed by atoms with Crippen LogP contribution in [0.25, 0.3) is 0 Å². The van der Waals surface area contributed by atoms with E-state index in [1.165, 1.54) is 0 Å². The van der Waals surface area contributed by atoms with E-state index < -0.39 is 18.6 Å². The predicted molar refractivity (Wildman–Crippen MR) is 71.1 cm³/mol. The number of halogens is 4.